The van der Waals surface area contributed by atoms with Crippen molar-refractivity contribution in [3.05, 3.63) is 0 Å². The Labute approximate surface area is 114 Å². The van der Waals surface area contributed by atoms with Crippen molar-refractivity contribution in [1.82, 2.24) is 10.2 Å². The van der Waals surface area contributed by atoms with Crippen LogP contribution in [-0.2, 0) is 0 Å². The van der Waals surface area contributed by atoms with Crippen LogP contribution in [0, 0.1) is 5.41 Å². The van der Waals surface area contributed by atoms with E-state index in [0.29, 0.717) is 6.04 Å². The molecule has 2 rings (SSSR count). The fraction of sp³-hybridized carbons (Fsp3) is 1.00. The van der Waals surface area contributed by atoms with Crippen molar-refractivity contribution >= 4 is 0 Å². The van der Waals surface area contributed by atoms with Crippen LogP contribution in [0.2, 0.25) is 0 Å². The van der Waals surface area contributed by atoms with Crippen molar-refractivity contribution in [3.63, 3.8) is 0 Å². The molecule has 18 heavy (non-hydrogen) atoms. The highest BCUT2D eigenvalue weighted by Gasteiger charge is 2.37. The highest BCUT2D eigenvalue weighted by atomic mass is 15.1. The van der Waals surface area contributed by atoms with Crippen molar-refractivity contribution < 1.29 is 0 Å². The van der Waals surface area contributed by atoms with E-state index in [4.69, 9.17) is 0 Å². The standard InChI is InChI=1S/C16H32N2/c1-14(8-13-18(2)3)17-15-6-11-16(12-7-15)9-4-5-10-16/h14-15,17H,4-13H2,1-3H3. The van der Waals surface area contributed by atoms with Crippen molar-refractivity contribution in [2.75, 3.05) is 20.6 Å². The number of hydrogen-bond donors (Lipinski definition) is 1. The van der Waals surface area contributed by atoms with E-state index in [2.05, 4.69) is 31.2 Å². The van der Waals surface area contributed by atoms with Gasteiger partial charge in [-0.05, 0) is 77.9 Å². The van der Waals surface area contributed by atoms with Crippen LogP contribution in [0.5, 0.6) is 0 Å². The summed E-state index contributed by atoms with van der Waals surface area (Å²) in [5.74, 6) is 0. The Morgan fingerprint density at radius 3 is 2.28 bits per heavy atom. The molecule has 0 aromatic carbocycles. The molecule has 0 amide bonds. The predicted octanol–water partition coefficient (Wildman–Crippen LogP) is 3.42. The molecule has 2 aliphatic rings. The van der Waals surface area contributed by atoms with E-state index in [0.717, 1.165) is 11.5 Å². The molecule has 1 spiro atoms. The summed E-state index contributed by atoms with van der Waals surface area (Å²) in [7, 11) is 4.33. The Hall–Kier alpha value is -0.0800. The molecule has 0 radical (unpaired) electrons. The summed E-state index contributed by atoms with van der Waals surface area (Å²) in [5.41, 5.74) is 0.783. The van der Waals surface area contributed by atoms with E-state index in [9.17, 15) is 0 Å². The van der Waals surface area contributed by atoms with E-state index >= 15 is 0 Å². The Balaban J connectivity index is 1.66. The van der Waals surface area contributed by atoms with Gasteiger partial charge in [0.25, 0.3) is 0 Å². The van der Waals surface area contributed by atoms with E-state index in [1.807, 2.05) is 0 Å². The molecule has 106 valence electrons. The van der Waals surface area contributed by atoms with Gasteiger partial charge in [-0.25, -0.2) is 0 Å². The maximum Gasteiger partial charge on any atom is 0.00699 e. The summed E-state index contributed by atoms with van der Waals surface area (Å²) in [6.45, 7) is 3.55. The van der Waals surface area contributed by atoms with Gasteiger partial charge in [0.1, 0.15) is 0 Å². The van der Waals surface area contributed by atoms with E-state index in [1.165, 1.54) is 64.3 Å². The summed E-state index contributed by atoms with van der Waals surface area (Å²) in [6.07, 6.45) is 13.1. The molecule has 0 heterocycles. The number of rotatable bonds is 5. The summed E-state index contributed by atoms with van der Waals surface area (Å²) >= 11 is 0. The molecular weight excluding hydrogens is 220 g/mol. The van der Waals surface area contributed by atoms with Crippen molar-refractivity contribution in [2.24, 2.45) is 5.41 Å². The maximum absolute atomic E-state index is 3.85. The lowest BCUT2D eigenvalue weighted by atomic mass is 9.71. The zero-order valence-corrected chi connectivity index (χ0v) is 12.7. The lowest BCUT2D eigenvalue weighted by Gasteiger charge is -2.38. The Bertz CT molecular complexity index is 233. The highest BCUT2D eigenvalue weighted by Crippen LogP contribution is 2.48. The van der Waals surface area contributed by atoms with Gasteiger partial charge in [0.15, 0.2) is 0 Å². The van der Waals surface area contributed by atoms with Gasteiger partial charge in [0, 0.05) is 12.1 Å². The first-order valence-electron chi connectivity index (χ1n) is 8.00. The second-order valence-corrected chi connectivity index (χ2v) is 7.14. The Kier molecular flexibility index (Phi) is 5.08. The fourth-order valence-electron chi connectivity index (χ4n) is 3.96. The van der Waals surface area contributed by atoms with Crippen LogP contribution in [0.1, 0.15) is 64.7 Å². The molecule has 1 unspecified atom stereocenters. The summed E-state index contributed by atoms with van der Waals surface area (Å²) in [4.78, 5) is 2.28. The van der Waals surface area contributed by atoms with E-state index < -0.39 is 0 Å². The van der Waals surface area contributed by atoms with Crippen molar-refractivity contribution in [1.29, 1.82) is 0 Å². The molecule has 0 aromatic heterocycles. The van der Waals surface area contributed by atoms with Gasteiger partial charge in [-0.15, -0.1) is 0 Å². The van der Waals surface area contributed by atoms with Gasteiger partial charge in [0.2, 0.25) is 0 Å². The highest BCUT2D eigenvalue weighted by molar-refractivity contribution is 4.91. The zero-order chi connectivity index (χ0) is 13.0. The minimum atomic E-state index is 0.676. The molecule has 2 nitrogen and oxygen atoms in total. The second-order valence-electron chi connectivity index (χ2n) is 7.14. The SMILES string of the molecule is CC(CCN(C)C)NC1CCC2(CCCC2)CC1. The maximum atomic E-state index is 3.85. The minimum Gasteiger partial charge on any atom is -0.311 e. The zero-order valence-electron chi connectivity index (χ0n) is 12.7. The lowest BCUT2D eigenvalue weighted by Crippen LogP contribution is -2.42. The first-order valence-corrected chi connectivity index (χ1v) is 8.00. The minimum absolute atomic E-state index is 0.676. The third-order valence-electron chi connectivity index (χ3n) is 5.24. The second kappa shape index (κ2) is 6.38. The lowest BCUT2D eigenvalue weighted by molar-refractivity contribution is 0.162. The first kappa shape index (κ1) is 14.3. The molecule has 1 N–H and O–H groups in total. The molecule has 2 saturated carbocycles. The topological polar surface area (TPSA) is 15.3 Å². The van der Waals surface area contributed by atoms with Gasteiger partial charge >= 0.3 is 0 Å². The molecule has 2 aliphatic carbocycles. The molecule has 0 aliphatic heterocycles. The van der Waals surface area contributed by atoms with Crippen LogP contribution in [-0.4, -0.2) is 37.6 Å². The average molecular weight is 252 g/mol. The molecule has 2 fully saturated rings. The van der Waals surface area contributed by atoms with Gasteiger partial charge in [-0.2, -0.15) is 0 Å². The quantitative estimate of drug-likeness (QED) is 0.806. The summed E-state index contributed by atoms with van der Waals surface area (Å²) in [6, 6.07) is 1.48. The first-order chi connectivity index (χ1) is 8.60. The Morgan fingerprint density at radius 2 is 1.72 bits per heavy atom. The van der Waals surface area contributed by atoms with Crippen LogP contribution in [0.15, 0.2) is 0 Å². The molecule has 0 aromatic rings. The van der Waals surface area contributed by atoms with Crippen LogP contribution < -0.4 is 5.32 Å². The van der Waals surface area contributed by atoms with Gasteiger partial charge in [-0.3, -0.25) is 0 Å². The summed E-state index contributed by atoms with van der Waals surface area (Å²) in [5, 5.41) is 3.85. The third-order valence-corrected chi connectivity index (χ3v) is 5.24. The molecule has 0 bridgehead atoms. The van der Waals surface area contributed by atoms with Crippen LogP contribution >= 0.6 is 0 Å². The van der Waals surface area contributed by atoms with Gasteiger partial charge in [-0.1, -0.05) is 12.8 Å². The largest absolute Gasteiger partial charge is 0.311 e. The molecular formula is C16H32N2. The molecule has 0 saturated heterocycles. The average Bonchev–Trinajstić information content (AvgIpc) is 2.79. The molecule has 2 heteroatoms. The number of nitrogens with zero attached hydrogens (tertiary/aromatic N) is 1. The van der Waals surface area contributed by atoms with Crippen LogP contribution in [0.3, 0.4) is 0 Å². The van der Waals surface area contributed by atoms with Crippen LogP contribution in [0.25, 0.3) is 0 Å². The summed E-state index contributed by atoms with van der Waals surface area (Å²) < 4.78 is 0. The monoisotopic (exact) mass is 252 g/mol. The third kappa shape index (κ3) is 3.96. The van der Waals surface area contributed by atoms with Gasteiger partial charge < -0.3 is 10.2 Å². The number of hydrogen-bond acceptors (Lipinski definition) is 2. The Morgan fingerprint density at radius 1 is 1.11 bits per heavy atom. The van der Waals surface area contributed by atoms with E-state index in [-0.39, 0.29) is 0 Å². The fourth-order valence-corrected chi connectivity index (χ4v) is 3.96. The van der Waals surface area contributed by atoms with E-state index in [1.54, 1.807) is 0 Å². The number of nitrogens with one attached hydrogen (secondary N) is 1. The normalized spacial score (nSPS) is 26.0. The van der Waals surface area contributed by atoms with Crippen molar-refractivity contribution in [3.8, 4) is 0 Å². The van der Waals surface area contributed by atoms with Crippen LogP contribution in [0.4, 0.5) is 0 Å². The van der Waals surface area contributed by atoms with Crippen molar-refractivity contribution in [2.45, 2.75) is 76.8 Å². The smallest absolute Gasteiger partial charge is 0.00699 e. The van der Waals surface area contributed by atoms with Gasteiger partial charge in [0.05, 0.1) is 0 Å². The predicted molar refractivity (Wildman–Crippen MR) is 78.9 cm³/mol. The molecule has 1 atom stereocenters.